The van der Waals surface area contributed by atoms with Crippen LogP contribution in [0.25, 0.3) is 0 Å². The molecule has 8 heteroatoms. The lowest BCUT2D eigenvalue weighted by Gasteiger charge is -2.23. The molecule has 0 amide bonds. The number of methoxy groups -OCH3 is 2. The standard InChI is InChI=1S/C20H29ClN4O3/c1-7-28-19-17(26-5)8-14(9-18(19)27-6)11-23-20(22-2)25(4)13-16-10-15(21)12-24(16)3/h8-10,12H,7,11,13H2,1-6H3,(H,22,23). The van der Waals surface area contributed by atoms with Crippen LogP contribution in [0.15, 0.2) is 29.4 Å². The van der Waals surface area contributed by atoms with Gasteiger partial charge in [0, 0.05) is 39.6 Å². The fourth-order valence-electron chi connectivity index (χ4n) is 2.93. The molecule has 7 nitrogen and oxygen atoms in total. The lowest BCUT2D eigenvalue weighted by Crippen LogP contribution is -2.38. The third-order valence-electron chi connectivity index (χ3n) is 4.31. The molecule has 0 aliphatic carbocycles. The van der Waals surface area contributed by atoms with Crippen molar-refractivity contribution in [2.45, 2.75) is 20.0 Å². The Kier molecular flexibility index (Phi) is 7.87. The molecule has 0 atom stereocenters. The van der Waals surface area contributed by atoms with E-state index >= 15 is 0 Å². The average Bonchev–Trinajstić information content (AvgIpc) is 2.99. The van der Waals surface area contributed by atoms with E-state index < -0.39 is 0 Å². The second kappa shape index (κ2) is 10.1. The zero-order valence-corrected chi connectivity index (χ0v) is 18.1. The summed E-state index contributed by atoms with van der Waals surface area (Å²) in [6, 6.07) is 5.82. The molecule has 0 fully saturated rings. The van der Waals surface area contributed by atoms with E-state index in [4.69, 9.17) is 25.8 Å². The Balaban J connectivity index is 2.11. The lowest BCUT2D eigenvalue weighted by molar-refractivity contribution is 0.288. The highest BCUT2D eigenvalue weighted by Crippen LogP contribution is 2.38. The number of hydrogen-bond acceptors (Lipinski definition) is 4. The monoisotopic (exact) mass is 408 g/mol. The maximum absolute atomic E-state index is 6.08. The van der Waals surface area contributed by atoms with Gasteiger partial charge in [0.15, 0.2) is 17.5 Å². The summed E-state index contributed by atoms with van der Waals surface area (Å²) in [5, 5.41) is 4.09. The van der Waals surface area contributed by atoms with Crippen molar-refractivity contribution >= 4 is 17.6 Å². The van der Waals surface area contributed by atoms with Gasteiger partial charge in [-0.1, -0.05) is 11.6 Å². The van der Waals surface area contributed by atoms with E-state index in [0.29, 0.717) is 36.9 Å². The molecule has 0 spiro atoms. The van der Waals surface area contributed by atoms with Crippen LogP contribution < -0.4 is 19.5 Å². The molecule has 0 aliphatic rings. The summed E-state index contributed by atoms with van der Waals surface area (Å²) < 4.78 is 18.6. The Labute approximate surface area is 171 Å². The molecule has 1 N–H and O–H groups in total. The van der Waals surface area contributed by atoms with Crippen LogP contribution >= 0.6 is 11.6 Å². The first kappa shape index (κ1) is 21.8. The summed E-state index contributed by atoms with van der Waals surface area (Å²) >= 11 is 6.08. The maximum Gasteiger partial charge on any atom is 0.203 e. The van der Waals surface area contributed by atoms with Crippen LogP contribution in [-0.4, -0.2) is 50.3 Å². The minimum absolute atomic E-state index is 0.533. The molecule has 1 aromatic heterocycles. The zero-order valence-electron chi connectivity index (χ0n) is 17.4. The highest BCUT2D eigenvalue weighted by atomic mass is 35.5. The Morgan fingerprint density at radius 2 is 1.86 bits per heavy atom. The van der Waals surface area contributed by atoms with Gasteiger partial charge in [-0.25, -0.2) is 0 Å². The highest BCUT2D eigenvalue weighted by Gasteiger charge is 2.15. The van der Waals surface area contributed by atoms with Crippen LogP contribution in [0, 0.1) is 0 Å². The predicted octanol–water partition coefficient (Wildman–Crippen LogP) is 3.30. The second-order valence-electron chi connectivity index (χ2n) is 6.28. The molecular formula is C20H29ClN4O3. The van der Waals surface area contributed by atoms with Gasteiger partial charge in [0.1, 0.15) is 0 Å². The fourth-order valence-corrected chi connectivity index (χ4v) is 3.20. The van der Waals surface area contributed by atoms with Crippen molar-refractivity contribution in [1.82, 2.24) is 14.8 Å². The van der Waals surface area contributed by atoms with E-state index in [1.807, 2.05) is 54.9 Å². The minimum atomic E-state index is 0.533. The van der Waals surface area contributed by atoms with Gasteiger partial charge in [0.2, 0.25) is 5.75 Å². The molecule has 0 unspecified atom stereocenters. The van der Waals surface area contributed by atoms with Gasteiger partial charge in [-0.3, -0.25) is 4.99 Å². The van der Waals surface area contributed by atoms with Gasteiger partial charge in [-0.05, 0) is 30.7 Å². The topological polar surface area (TPSA) is 60.2 Å². The Morgan fingerprint density at radius 3 is 2.32 bits per heavy atom. The number of aliphatic imine (C=N–C) groups is 1. The van der Waals surface area contributed by atoms with Gasteiger partial charge >= 0.3 is 0 Å². The van der Waals surface area contributed by atoms with Crippen molar-refractivity contribution in [3.8, 4) is 17.2 Å². The fraction of sp³-hybridized carbons (Fsp3) is 0.450. The normalized spacial score (nSPS) is 11.3. The van der Waals surface area contributed by atoms with E-state index in [9.17, 15) is 0 Å². The number of guanidine groups is 1. The van der Waals surface area contributed by atoms with Crippen molar-refractivity contribution < 1.29 is 14.2 Å². The number of ether oxygens (including phenoxy) is 3. The third kappa shape index (κ3) is 5.25. The Hall–Kier alpha value is -2.54. The maximum atomic E-state index is 6.08. The van der Waals surface area contributed by atoms with Gasteiger partial charge in [-0.2, -0.15) is 0 Å². The van der Waals surface area contributed by atoms with Gasteiger partial charge < -0.3 is 29.0 Å². The smallest absolute Gasteiger partial charge is 0.203 e. The Bertz CT molecular complexity index is 795. The van der Waals surface area contributed by atoms with E-state index in [1.54, 1.807) is 21.3 Å². The quantitative estimate of drug-likeness (QED) is 0.536. The summed E-state index contributed by atoms with van der Waals surface area (Å²) in [5.74, 6) is 2.65. The highest BCUT2D eigenvalue weighted by molar-refractivity contribution is 6.30. The van der Waals surface area contributed by atoms with E-state index in [1.165, 1.54) is 0 Å². The van der Waals surface area contributed by atoms with Crippen molar-refractivity contribution in [3.63, 3.8) is 0 Å². The van der Waals surface area contributed by atoms with Crippen LogP contribution in [0.2, 0.25) is 5.02 Å². The molecule has 28 heavy (non-hydrogen) atoms. The number of nitrogens with one attached hydrogen (secondary N) is 1. The number of hydrogen-bond donors (Lipinski definition) is 1. The minimum Gasteiger partial charge on any atom is -0.493 e. The number of halogens is 1. The molecule has 0 aliphatic heterocycles. The van der Waals surface area contributed by atoms with Crippen LogP contribution in [0.5, 0.6) is 17.2 Å². The van der Waals surface area contributed by atoms with Crippen molar-refractivity contribution in [2.75, 3.05) is 34.9 Å². The van der Waals surface area contributed by atoms with Crippen molar-refractivity contribution in [3.05, 3.63) is 40.7 Å². The summed E-state index contributed by atoms with van der Waals surface area (Å²) in [5.41, 5.74) is 2.09. The largest absolute Gasteiger partial charge is 0.493 e. The van der Waals surface area contributed by atoms with Gasteiger partial charge in [0.05, 0.1) is 32.4 Å². The van der Waals surface area contributed by atoms with Crippen molar-refractivity contribution in [2.24, 2.45) is 12.0 Å². The number of nitrogens with zero attached hydrogens (tertiary/aromatic N) is 3. The first-order valence-corrected chi connectivity index (χ1v) is 9.41. The molecule has 0 saturated heterocycles. The second-order valence-corrected chi connectivity index (χ2v) is 6.72. The molecule has 1 aromatic carbocycles. The SMILES string of the molecule is CCOc1c(OC)cc(CNC(=NC)N(C)Cc2cc(Cl)cn2C)cc1OC. The summed E-state index contributed by atoms with van der Waals surface area (Å²) in [4.78, 5) is 6.41. The molecular weight excluding hydrogens is 380 g/mol. The van der Waals surface area contributed by atoms with Crippen LogP contribution in [0.1, 0.15) is 18.2 Å². The third-order valence-corrected chi connectivity index (χ3v) is 4.51. The van der Waals surface area contributed by atoms with Gasteiger partial charge in [-0.15, -0.1) is 0 Å². The van der Waals surface area contributed by atoms with E-state index in [-0.39, 0.29) is 0 Å². The van der Waals surface area contributed by atoms with E-state index in [0.717, 1.165) is 22.2 Å². The number of benzene rings is 1. The van der Waals surface area contributed by atoms with Crippen LogP contribution in [0.4, 0.5) is 0 Å². The average molecular weight is 409 g/mol. The van der Waals surface area contributed by atoms with Crippen LogP contribution in [0.3, 0.4) is 0 Å². The first-order valence-electron chi connectivity index (χ1n) is 9.03. The van der Waals surface area contributed by atoms with Crippen LogP contribution in [-0.2, 0) is 20.1 Å². The number of aryl methyl sites for hydroxylation is 1. The molecule has 0 saturated carbocycles. The van der Waals surface area contributed by atoms with E-state index in [2.05, 4.69) is 10.3 Å². The Morgan fingerprint density at radius 1 is 1.21 bits per heavy atom. The van der Waals surface area contributed by atoms with Crippen molar-refractivity contribution in [1.29, 1.82) is 0 Å². The molecule has 2 aromatic rings. The summed E-state index contributed by atoms with van der Waals surface area (Å²) in [7, 11) is 8.95. The number of aromatic nitrogens is 1. The first-order chi connectivity index (χ1) is 13.4. The predicted molar refractivity (Wildman–Crippen MR) is 113 cm³/mol. The summed E-state index contributed by atoms with van der Waals surface area (Å²) in [6.07, 6.45) is 1.89. The molecule has 0 bridgehead atoms. The molecule has 1 heterocycles. The number of rotatable bonds is 8. The lowest BCUT2D eigenvalue weighted by atomic mass is 10.1. The molecule has 2 rings (SSSR count). The zero-order chi connectivity index (χ0) is 20.7. The molecule has 154 valence electrons. The molecule has 0 radical (unpaired) electrons. The van der Waals surface area contributed by atoms with Gasteiger partial charge in [0.25, 0.3) is 0 Å². The summed E-state index contributed by atoms with van der Waals surface area (Å²) in [6.45, 7) is 3.70.